The zero-order chi connectivity index (χ0) is 20.7. The van der Waals surface area contributed by atoms with Crippen molar-refractivity contribution in [3.05, 3.63) is 53.9 Å². The van der Waals surface area contributed by atoms with Crippen LogP contribution in [0.3, 0.4) is 0 Å². The Morgan fingerprint density at radius 1 is 1.23 bits per heavy atom. The summed E-state index contributed by atoms with van der Waals surface area (Å²) in [4.78, 5) is 6.40. The molecule has 3 rings (SSSR count). The molecule has 1 N–H and O–H groups in total. The third kappa shape index (κ3) is 6.40. The molecule has 30 heavy (non-hydrogen) atoms. The number of aromatic nitrogens is 1. The molecular formula is C19H28IN5O4S. The molecule has 0 saturated carbocycles. The Morgan fingerprint density at radius 2 is 1.93 bits per heavy atom. The number of aliphatic imine (C=N–C) groups is 1. The molecule has 1 unspecified atom stereocenters. The molecule has 166 valence electrons. The Kier molecular flexibility index (Phi) is 9.52. The number of nitrogens with one attached hydrogen (secondary N) is 1. The van der Waals surface area contributed by atoms with Gasteiger partial charge in [-0.3, -0.25) is 4.99 Å². The molecule has 1 atom stereocenters. The van der Waals surface area contributed by atoms with E-state index < -0.39 is 10.0 Å². The summed E-state index contributed by atoms with van der Waals surface area (Å²) >= 11 is 0. The third-order valence-corrected chi connectivity index (χ3v) is 6.68. The van der Waals surface area contributed by atoms with Gasteiger partial charge in [0, 0.05) is 52.9 Å². The molecule has 0 aliphatic carbocycles. The van der Waals surface area contributed by atoms with Gasteiger partial charge in [0.15, 0.2) is 5.96 Å². The van der Waals surface area contributed by atoms with Crippen LogP contribution in [-0.2, 0) is 20.5 Å². The smallest absolute Gasteiger partial charge is 0.220 e. The predicted octanol–water partition coefficient (Wildman–Crippen LogP) is 1.70. The summed E-state index contributed by atoms with van der Waals surface area (Å²) in [6.07, 6.45) is 1.28. The van der Waals surface area contributed by atoms with Gasteiger partial charge in [-0.25, -0.2) is 8.42 Å². The Balaban J connectivity index is 0.00000320. The predicted molar refractivity (Wildman–Crippen MR) is 125 cm³/mol. The van der Waals surface area contributed by atoms with E-state index in [2.05, 4.69) is 20.4 Å². The lowest BCUT2D eigenvalue weighted by atomic mass is 10.1. The number of ether oxygens (including phenoxy) is 1. The number of nitrogens with zero attached hydrogens (tertiary/aromatic N) is 4. The van der Waals surface area contributed by atoms with Gasteiger partial charge in [0.05, 0.1) is 11.8 Å². The molecule has 1 saturated heterocycles. The molecule has 0 spiro atoms. The molecular weight excluding hydrogens is 521 g/mol. The number of hydrogen-bond donors (Lipinski definition) is 1. The Morgan fingerprint density at radius 3 is 2.50 bits per heavy atom. The number of methoxy groups -OCH3 is 1. The second-order valence-electron chi connectivity index (χ2n) is 6.70. The van der Waals surface area contributed by atoms with E-state index in [-0.39, 0.29) is 35.8 Å². The lowest BCUT2D eigenvalue weighted by Gasteiger charge is -2.36. The molecule has 1 aliphatic rings. The van der Waals surface area contributed by atoms with E-state index in [1.165, 1.54) is 10.6 Å². The van der Waals surface area contributed by atoms with E-state index in [1.807, 2.05) is 30.3 Å². The number of halogens is 1. The Hall–Kier alpha value is -1.70. The van der Waals surface area contributed by atoms with Crippen molar-refractivity contribution in [3.8, 4) is 0 Å². The minimum absolute atomic E-state index is 0. The molecule has 1 aromatic carbocycles. The first-order valence-electron chi connectivity index (χ1n) is 9.44. The van der Waals surface area contributed by atoms with Crippen molar-refractivity contribution in [2.75, 3.05) is 46.9 Å². The lowest BCUT2D eigenvalue weighted by molar-refractivity contribution is 0.105. The first-order valence-corrected chi connectivity index (χ1v) is 11.0. The van der Waals surface area contributed by atoms with Gasteiger partial charge < -0.3 is 19.5 Å². The molecule has 2 aromatic rings. The van der Waals surface area contributed by atoms with Crippen LogP contribution >= 0.6 is 24.0 Å². The Bertz CT molecular complexity index is 885. The van der Waals surface area contributed by atoms with Crippen LogP contribution in [0.2, 0.25) is 0 Å². The van der Waals surface area contributed by atoms with Crippen molar-refractivity contribution in [1.82, 2.24) is 19.7 Å². The molecule has 2 heterocycles. The summed E-state index contributed by atoms with van der Waals surface area (Å²) < 4.78 is 37.0. The average molecular weight is 549 g/mol. The lowest BCUT2D eigenvalue weighted by Crippen LogP contribution is -2.54. The minimum Gasteiger partial charge on any atom is -0.375 e. The number of hydrogen-bond acceptors (Lipinski definition) is 6. The topological polar surface area (TPSA) is 100 Å². The average Bonchev–Trinajstić information content (AvgIpc) is 3.24. The highest BCUT2D eigenvalue weighted by atomic mass is 127. The van der Waals surface area contributed by atoms with E-state index in [9.17, 15) is 8.42 Å². The van der Waals surface area contributed by atoms with Gasteiger partial charge in [-0.05, 0) is 5.56 Å². The van der Waals surface area contributed by atoms with E-state index in [1.54, 1.807) is 20.2 Å². The minimum atomic E-state index is -3.42. The number of benzene rings is 1. The van der Waals surface area contributed by atoms with E-state index in [0.29, 0.717) is 38.4 Å². The third-order valence-electron chi connectivity index (χ3n) is 4.87. The fourth-order valence-electron chi connectivity index (χ4n) is 3.29. The molecule has 0 amide bonds. The standard InChI is InChI=1S/C19H27N5O4S.HI/c1-20-19(21-14-18(27-2)16-6-4-3-5-7-16)23-9-11-24(12-10-23)29(25,26)15-17-8-13-28-22-17;/h3-8,13,18H,9-12,14-15H2,1-2H3,(H,20,21);1H. The van der Waals surface area contributed by atoms with Crippen LogP contribution in [-0.4, -0.2) is 75.6 Å². The van der Waals surface area contributed by atoms with Gasteiger partial charge in [-0.15, -0.1) is 24.0 Å². The highest BCUT2D eigenvalue weighted by molar-refractivity contribution is 14.0. The molecule has 0 bridgehead atoms. The van der Waals surface area contributed by atoms with Gasteiger partial charge in [0.25, 0.3) is 0 Å². The number of guanidine groups is 1. The second kappa shape index (κ2) is 11.6. The first kappa shape index (κ1) is 24.6. The highest BCUT2D eigenvalue weighted by Gasteiger charge is 2.29. The van der Waals surface area contributed by atoms with Crippen LogP contribution in [0, 0.1) is 0 Å². The number of sulfonamides is 1. The molecule has 9 nitrogen and oxygen atoms in total. The maximum atomic E-state index is 12.6. The van der Waals surface area contributed by atoms with Gasteiger partial charge in [-0.2, -0.15) is 4.31 Å². The van der Waals surface area contributed by atoms with Crippen LogP contribution in [0.4, 0.5) is 0 Å². The summed E-state index contributed by atoms with van der Waals surface area (Å²) in [6, 6.07) is 11.6. The summed E-state index contributed by atoms with van der Waals surface area (Å²) in [7, 11) is -0.0202. The summed E-state index contributed by atoms with van der Waals surface area (Å²) in [6.45, 7) is 2.47. The van der Waals surface area contributed by atoms with Crippen molar-refractivity contribution in [3.63, 3.8) is 0 Å². The fraction of sp³-hybridized carbons (Fsp3) is 0.474. The summed E-state index contributed by atoms with van der Waals surface area (Å²) in [5, 5.41) is 7.03. The van der Waals surface area contributed by atoms with Gasteiger partial charge in [-0.1, -0.05) is 35.5 Å². The van der Waals surface area contributed by atoms with Crippen LogP contribution in [0.5, 0.6) is 0 Å². The van der Waals surface area contributed by atoms with E-state index in [0.717, 1.165) is 11.5 Å². The maximum Gasteiger partial charge on any atom is 0.220 e. The quantitative estimate of drug-likeness (QED) is 0.319. The monoisotopic (exact) mass is 549 g/mol. The van der Waals surface area contributed by atoms with Gasteiger partial charge in [0.2, 0.25) is 10.0 Å². The zero-order valence-electron chi connectivity index (χ0n) is 17.1. The first-order chi connectivity index (χ1) is 14.0. The van der Waals surface area contributed by atoms with Crippen molar-refractivity contribution >= 4 is 40.0 Å². The Labute approximate surface area is 194 Å². The largest absolute Gasteiger partial charge is 0.375 e. The van der Waals surface area contributed by atoms with Crippen LogP contribution < -0.4 is 5.32 Å². The molecule has 1 aromatic heterocycles. The molecule has 11 heteroatoms. The number of piperazine rings is 1. The van der Waals surface area contributed by atoms with Crippen molar-refractivity contribution in [2.45, 2.75) is 11.9 Å². The van der Waals surface area contributed by atoms with E-state index in [4.69, 9.17) is 9.26 Å². The maximum absolute atomic E-state index is 12.6. The summed E-state index contributed by atoms with van der Waals surface area (Å²) in [5.41, 5.74) is 1.50. The fourth-order valence-corrected chi connectivity index (χ4v) is 4.71. The molecule has 0 radical (unpaired) electrons. The van der Waals surface area contributed by atoms with E-state index >= 15 is 0 Å². The van der Waals surface area contributed by atoms with Crippen LogP contribution in [0.15, 0.2) is 52.2 Å². The van der Waals surface area contributed by atoms with Gasteiger partial charge in [0.1, 0.15) is 12.0 Å². The van der Waals surface area contributed by atoms with Gasteiger partial charge >= 0.3 is 0 Å². The molecule has 1 fully saturated rings. The molecule has 1 aliphatic heterocycles. The van der Waals surface area contributed by atoms with Crippen molar-refractivity contribution in [2.24, 2.45) is 4.99 Å². The normalized spacial score (nSPS) is 16.7. The zero-order valence-corrected chi connectivity index (χ0v) is 20.2. The van der Waals surface area contributed by atoms with Crippen molar-refractivity contribution < 1.29 is 17.7 Å². The van der Waals surface area contributed by atoms with Crippen molar-refractivity contribution in [1.29, 1.82) is 0 Å². The van der Waals surface area contributed by atoms with Crippen LogP contribution in [0.25, 0.3) is 0 Å². The number of rotatable bonds is 7. The second-order valence-corrected chi connectivity index (χ2v) is 8.67. The summed E-state index contributed by atoms with van der Waals surface area (Å²) in [5.74, 6) is 0.583. The highest BCUT2D eigenvalue weighted by Crippen LogP contribution is 2.16. The van der Waals surface area contributed by atoms with Crippen LogP contribution in [0.1, 0.15) is 17.4 Å². The SMILES string of the molecule is CN=C(NCC(OC)c1ccccc1)N1CCN(S(=O)(=O)Cc2ccon2)CC1.I.